The van der Waals surface area contributed by atoms with Gasteiger partial charge >= 0.3 is 0 Å². The third-order valence-corrected chi connectivity index (χ3v) is 5.84. The second kappa shape index (κ2) is 9.17. The molecule has 1 aromatic carbocycles. The van der Waals surface area contributed by atoms with Gasteiger partial charge in [0, 0.05) is 39.0 Å². The lowest BCUT2D eigenvalue weighted by Crippen LogP contribution is -2.35. The summed E-state index contributed by atoms with van der Waals surface area (Å²) in [6.45, 7) is 3.74. The van der Waals surface area contributed by atoms with E-state index in [0.29, 0.717) is 12.3 Å². The van der Waals surface area contributed by atoms with Gasteiger partial charge in [-0.15, -0.1) is 0 Å². The summed E-state index contributed by atoms with van der Waals surface area (Å²) in [6, 6.07) is 8.58. The topological polar surface area (TPSA) is 61.4 Å². The van der Waals surface area contributed by atoms with Gasteiger partial charge in [-0.2, -0.15) is 0 Å². The van der Waals surface area contributed by atoms with E-state index in [2.05, 4.69) is 39.8 Å². The average molecular weight is 357 g/mol. The minimum absolute atomic E-state index is 0.162. The highest BCUT2D eigenvalue weighted by molar-refractivity contribution is 5.78. The first kappa shape index (κ1) is 18.9. The van der Waals surface area contributed by atoms with Crippen LogP contribution in [0.15, 0.2) is 24.3 Å². The number of amides is 2. The van der Waals surface area contributed by atoms with Crippen molar-refractivity contribution in [3.05, 3.63) is 35.4 Å². The predicted molar refractivity (Wildman–Crippen MR) is 102 cm³/mol. The van der Waals surface area contributed by atoms with Crippen molar-refractivity contribution in [2.75, 3.05) is 20.1 Å². The number of fused-ring (bicyclic) bond motifs is 1. The second-order valence-electron chi connectivity index (χ2n) is 7.72. The predicted octanol–water partition coefficient (Wildman–Crippen LogP) is 2.45. The Hall–Kier alpha value is -1.88. The number of carbonyl (C=O) groups is 2. The molecule has 1 fully saturated rings. The molecule has 0 radical (unpaired) electrons. The third kappa shape index (κ3) is 5.07. The summed E-state index contributed by atoms with van der Waals surface area (Å²) in [7, 11) is 1.70. The van der Waals surface area contributed by atoms with Crippen LogP contribution in [0.4, 0.5) is 0 Å². The molecule has 1 aromatic rings. The Balaban J connectivity index is 1.27. The molecule has 1 aliphatic carbocycles. The van der Waals surface area contributed by atoms with Gasteiger partial charge in [-0.1, -0.05) is 24.3 Å². The van der Waals surface area contributed by atoms with Crippen LogP contribution in [0, 0.1) is 11.8 Å². The minimum Gasteiger partial charge on any atom is -0.359 e. The fourth-order valence-electron chi connectivity index (χ4n) is 4.20. The van der Waals surface area contributed by atoms with Gasteiger partial charge in [0.15, 0.2) is 0 Å². The molecular formula is C21H31N3O2. The molecule has 0 unspecified atom stereocenters. The molecule has 5 nitrogen and oxygen atoms in total. The maximum atomic E-state index is 12.1. The van der Waals surface area contributed by atoms with Gasteiger partial charge in [0.1, 0.15) is 0 Å². The number of nitrogens with zero attached hydrogens (tertiary/aromatic N) is 1. The molecule has 2 amide bonds. The lowest BCUT2D eigenvalue weighted by Gasteiger charge is -2.27. The van der Waals surface area contributed by atoms with E-state index >= 15 is 0 Å². The van der Waals surface area contributed by atoms with Crippen molar-refractivity contribution < 1.29 is 9.59 Å². The van der Waals surface area contributed by atoms with E-state index in [1.165, 1.54) is 11.1 Å². The number of hydrogen-bond donors (Lipinski definition) is 2. The van der Waals surface area contributed by atoms with Gasteiger partial charge < -0.3 is 10.6 Å². The van der Waals surface area contributed by atoms with E-state index in [4.69, 9.17) is 0 Å². The van der Waals surface area contributed by atoms with Crippen LogP contribution in [0.5, 0.6) is 0 Å². The van der Waals surface area contributed by atoms with E-state index in [0.717, 1.165) is 58.3 Å². The Morgan fingerprint density at radius 2 is 1.73 bits per heavy atom. The largest absolute Gasteiger partial charge is 0.359 e. The maximum absolute atomic E-state index is 12.1. The summed E-state index contributed by atoms with van der Waals surface area (Å²) in [5, 5.41) is 5.83. The summed E-state index contributed by atoms with van der Waals surface area (Å²) in [5.74, 6) is 1.01. The van der Waals surface area contributed by atoms with Crippen molar-refractivity contribution in [2.45, 2.75) is 51.6 Å². The Morgan fingerprint density at radius 1 is 1.08 bits per heavy atom. The Morgan fingerprint density at radius 3 is 2.35 bits per heavy atom. The third-order valence-electron chi connectivity index (χ3n) is 5.84. The first-order valence-corrected chi connectivity index (χ1v) is 9.93. The summed E-state index contributed by atoms with van der Waals surface area (Å²) in [6.07, 6.45) is 5.45. The highest BCUT2D eigenvalue weighted by atomic mass is 16.2. The minimum atomic E-state index is 0.162. The SMILES string of the molecule is CNC(=O)C1CCC(CNC(=O)CCCN2Cc3ccccc3C2)CC1. The van der Waals surface area contributed by atoms with Crippen LogP contribution in [0.1, 0.15) is 49.7 Å². The quantitative estimate of drug-likeness (QED) is 0.788. The molecule has 0 spiro atoms. The zero-order valence-electron chi connectivity index (χ0n) is 15.8. The Labute approximate surface area is 156 Å². The van der Waals surface area contributed by atoms with E-state index in [1.54, 1.807) is 7.05 Å². The molecule has 1 heterocycles. The summed E-state index contributed by atoms with van der Waals surface area (Å²) in [5.41, 5.74) is 2.84. The van der Waals surface area contributed by atoms with Gasteiger partial charge in [0.25, 0.3) is 0 Å². The van der Waals surface area contributed by atoms with Crippen molar-refractivity contribution >= 4 is 11.8 Å². The molecule has 1 aliphatic heterocycles. The number of hydrogen-bond acceptors (Lipinski definition) is 3. The second-order valence-corrected chi connectivity index (χ2v) is 7.72. The monoisotopic (exact) mass is 357 g/mol. The fraction of sp³-hybridized carbons (Fsp3) is 0.619. The van der Waals surface area contributed by atoms with Crippen molar-refractivity contribution in [1.82, 2.24) is 15.5 Å². The molecule has 2 N–H and O–H groups in total. The normalized spacial score (nSPS) is 22.7. The van der Waals surface area contributed by atoms with Crippen LogP contribution < -0.4 is 10.6 Å². The van der Waals surface area contributed by atoms with E-state index in [1.807, 2.05) is 0 Å². The van der Waals surface area contributed by atoms with Gasteiger partial charge in [-0.3, -0.25) is 14.5 Å². The Kier molecular flexibility index (Phi) is 6.67. The summed E-state index contributed by atoms with van der Waals surface area (Å²) < 4.78 is 0. The molecule has 0 bridgehead atoms. The lowest BCUT2D eigenvalue weighted by atomic mass is 9.81. The number of nitrogens with one attached hydrogen (secondary N) is 2. The van der Waals surface area contributed by atoms with Crippen molar-refractivity contribution in [3.8, 4) is 0 Å². The van der Waals surface area contributed by atoms with Gasteiger partial charge in [0.05, 0.1) is 0 Å². The first-order chi connectivity index (χ1) is 12.7. The summed E-state index contributed by atoms with van der Waals surface area (Å²) >= 11 is 0. The van der Waals surface area contributed by atoms with Crippen molar-refractivity contribution in [2.24, 2.45) is 11.8 Å². The Bertz CT molecular complexity index is 598. The highest BCUT2D eigenvalue weighted by Gasteiger charge is 2.25. The van der Waals surface area contributed by atoms with Crippen LogP contribution in [0.25, 0.3) is 0 Å². The molecule has 3 rings (SSSR count). The maximum Gasteiger partial charge on any atom is 0.222 e. The zero-order chi connectivity index (χ0) is 18.4. The van der Waals surface area contributed by atoms with Crippen molar-refractivity contribution in [3.63, 3.8) is 0 Å². The number of benzene rings is 1. The smallest absolute Gasteiger partial charge is 0.222 e. The van der Waals surface area contributed by atoms with Crippen LogP contribution >= 0.6 is 0 Å². The van der Waals surface area contributed by atoms with E-state index in [-0.39, 0.29) is 17.7 Å². The standard InChI is InChI=1S/C21H31N3O2/c1-22-21(26)17-10-8-16(9-11-17)13-23-20(25)7-4-12-24-14-18-5-2-3-6-19(18)15-24/h2-3,5-6,16-17H,4,7-15H2,1H3,(H,22,26)(H,23,25). The van der Waals surface area contributed by atoms with Crippen LogP contribution in [-0.4, -0.2) is 36.9 Å². The van der Waals surface area contributed by atoms with Gasteiger partial charge in [-0.05, 0) is 55.7 Å². The van der Waals surface area contributed by atoms with Crippen molar-refractivity contribution in [1.29, 1.82) is 0 Å². The van der Waals surface area contributed by atoms with E-state index < -0.39 is 0 Å². The zero-order valence-corrected chi connectivity index (χ0v) is 15.8. The molecule has 0 saturated heterocycles. The molecule has 142 valence electrons. The molecule has 1 saturated carbocycles. The van der Waals surface area contributed by atoms with Crippen LogP contribution in [0.2, 0.25) is 0 Å². The van der Waals surface area contributed by atoms with E-state index in [9.17, 15) is 9.59 Å². The average Bonchev–Trinajstić information content (AvgIpc) is 3.09. The molecule has 0 atom stereocenters. The fourth-order valence-corrected chi connectivity index (χ4v) is 4.20. The molecule has 26 heavy (non-hydrogen) atoms. The number of rotatable bonds is 7. The molecule has 0 aromatic heterocycles. The van der Waals surface area contributed by atoms with Crippen LogP contribution in [0.3, 0.4) is 0 Å². The molecule has 2 aliphatic rings. The first-order valence-electron chi connectivity index (χ1n) is 9.93. The number of carbonyl (C=O) groups excluding carboxylic acids is 2. The molecular weight excluding hydrogens is 326 g/mol. The van der Waals surface area contributed by atoms with Gasteiger partial charge in [0.2, 0.25) is 11.8 Å². The summed E-state index contributed by atoms with van der Waals surface area (Å²) in [4.78, 5) is 26.2. The highest BCUT2D eigenvalue weighted by Crippen LogP contribution is 2.28. The van der Waals surface area contributed by atoms with Gasteiger partial charge in [-0.25, -0.2) is 0 Å². The molecule has 5 heteroatoms. The van der Waals surface area contributed by atoms with Crippen LogP contribution in [-0.2, 0) is 22.7 Å². The lowest BCUT2D eigenvalue weighted by molar-refractivity contribution is -0.126.